The van der Waals surface area contributed by atoms with Gasteiger partial charge in [-0.05, 0) is 67.6 Å². The fraction of sp³-hybridized carbons (Fsp3) is 0.360. The zero-order valence-corrected chi connectivity index (χ0v) is 20.5. The Bertz CT molecular complexity index is 1330. The summed E-state index contributed by atoms with van der Waals surface area (Å²) in [5.41, 5.74) is 4.53. The molecule has 0 spiro atoms. The molecule has 9 nitrogen and oxygen atoms in total. The Kier molecular flexibility index (Phi) is 9.40. The first-order chi connectivity index (χ1) is 18.6. The van der Waals surface area contributed by atoms with Gasteiger partial charge in [-0.15, -0.1) is 0 Å². The normalized spacial score (nSPS) is 18.1. The monoisotopic (exact) mass is 574 g/mol. The number of carboxylic acid groups (broad SMARTS) is 2. The van der Waals surface area contributed by atoms with Crippen molar-refractivity contribution in [2.24, 2.45) is 5.92 Å². The van der Waals surface area contributed by atoms with E-state index in [0.717, 1.165) is 29.2 Å². The van der Waals surface area contributed by atoms with Crippen LogP contribution in [0.15, 0.2) is 48.8 Å². The SMILES string of the molecule is O=C(Nc1ccc2[nH]cnc2c1)c1cccc(C2CC2NCC2CC2)c1.O=C(O)C(F)(F)F.O=C(O)C(F)(F)F. The van der Waals surface area contributed by atoms with Gasteiger partial charge in [-0.1, -0.05) is 12.1 Å². The number of nitrogens with zero attached hydrogens (tertiary/aromatic N) is 1. The number of nitrogens with one attached hydrogen (secondary N) is 3. The number of anilines is 1. The molecule has 0 aliphatic heterocycles. The molecule has 40 heavy (non-hydrogen) atoms. The van der Waals surface area contributed by atoms with Crippen LogP contribution in [0, 0.1) is 5.92 Å². The van der Waals surface area contributed by atoms with E-state index in [-0.39, 0.29) is 5.91 Å². The number of alkyl halides is 6. The van der Waals surface area contributed by atoms with Crippen molar-refractivity contribution < 1.29 is 50.9 Å². The molecule has 2 aromatic carbocycles. The predicted molar refractivity (Wildman–Crippen MR) is 130 cm³/mol. The maximum absolute atomic E-state index is 12.6. The van der Waals surface area contributed by atoms with Crippen molar-refractivity contribution in [2.45, 2.75) is 43.6 Å². The molecule has 2 unspecified atom stereocenters. The van der Waals surface area contributed by atoms with Crippen LogP contribution in [0.4, 0.5) is 32.0 Å². The molecule has 5 N–H and O–H groups in total. The number of hydrogen-bond donors (Lipinski definition) is 5. The van der Waals surface area contributed by atoms with Crippen LogP contribution in [0.3, 0.4) is 0 Å². The van der Waals surface area contributed by atoms with E-state index in [1.807, 2.05) is 36.4 Å². The highest BCUT2D eigenvalue weighted by molar-refractivity contribution is 6.05. The van der Waals surface area contributed by atoms with Gasteiger partial charge in [0.15, 0.2) is 0 Å². The van der Waals surface area contributed by atoms with Crippen LogP contribution in [0.5, 0.6) is 0 Å². The lowest BCUT2D eigenvalue weighted by Crippen LogP contribution is -2.21. The number of halogens is 6. The number of rotatable bonds is 6. The number of carbonyl (C=O) groups excluding carboxylic acids is 1. The van der Waals surface area contributed by atoms with Gasteiger partial charge in [0, 0.05) is 23.2 Å². The fourth-order valence-electron chi connectivity index (χ4n) is 3.55. The van der Waals surface area contributed by atoms with Gasteiger partial charge in [-0.2, -0.15) is 26.3 Å². The molecule has 5 rings (SSSR count). The second-order valence-electron chi connectivity index (χ2n) is 9.12. The first-order valence-electron chi connectivity index (χ1n) is 11.8. The van der Waals surface area contributed by atoms with Crippen LogP contribution in [0.25, 0.3) is 11.0 Å². The maximum atomic E-state index is 12.6. The molecule has 216 valence electrons. The van der Waals surface area contributed by atoms with Crippen molar-refractivity contribution in [1.82, 2.24) is 15.3 Å². The Morgan fingerprint density at radius 3 is 2.15 bits per heavy atom. The number of hydrogen-bond acceptors (Lipinski definition) is 5. The highest BCUT2D eigenvalue weighted by atomic mass is 19.4. The molecule has 0 radical (unpaired) electrons. The number of aromatic amines is 1. The highest BCUT2D eigenvalue weighted by Crippen LogP contribution is 2.42. The van der Waals surface area contributed by atoms with Crippen molar-refractivity contribution in [3.05, 3.63) is 59.9 Å². The molecule has 0 saturated heterocycles. The quantitative estimate of drug-likeness (QED) is 0.263. The standard InChI is InChI=1S/C21H22N4O.2C2HF3O2/c26-21(25-16-6-7-18-20(9-16)24-12-23-18)15-3-1-2-14(8-15)17-10-19(17)22-11-13-4-5-13;2*3-2(4,5)1(6)7/h1-3,6-9,12-13,17,19,22H,4-5,10-11H2,(H,23,24)(H,25,26);2*(H,6,7). The Morgan fingerprint density at radius 1 is 0.950 bits per heavy atom. The first-order valence-corrected chi connectivity index (χ1v) is 11.8. The van der Waals surface area contributed by atoms with Crippen LogP contribution in [0.2, 0.25) is 0 Å². The molecule has 2 atom stereocenters. The summed E-state index contributed by atoms with van der Waals surface area (Å²) >= 11 is 0. The fourth-order valence-corrected chi connectivity index (χ4v) is 3.55. The van der Waals surface area contributed by atoms with Gasteiger partial charge in [0.05, 0.1) is 17.4 Å². The molecular formula is C25H24F6N4O5. The number of amides is 1. The van der Waals surface area contributed by atoms with Crippen LogP contribution in [-0.4, -0.2) is 63.0 Å². The predicted octanol–water partition coefficient (Wildman–Crippen LogP) is 4.94. The van der Waals surface area contributed by atoms with Crippen molar-refractivity contribution in [3.63, 3.8) is 0 Å². The Morgan fingerprint density at radius 2 is 1.57 bits per heavy atom. The van der Waals surface area contributed by atoms with Crippen molar-refractivity contribution in [2.75, 3.05) is 11.9 Å². The lowest BCUT2D eigenvalue weighted by atomic mass is 10.1. The third kappa shape index (κ3) is 9.25. The van der Waals surface area contributed by atoms with E-state index in [9.17, 15) is 31.1 Å². The van der Waals surface area contributed by atoms with Crippen LogP contribution >= 0.6 is 0 Å². The van der Waals surface area contributed by atoms with Gasteiger partial charge < -0.3 is 25.8 Å². The lowest BCUT2D eigenvalue weighted by molar-refractivity contribution is -0.193. The minimum absolute atomic E-state index is 0.0788. The number of carboxylic acids is 2. The molecule has 15 heteroatoms. The molecular weight excluding hydrogens is 550 g/mol. The Balaban J connectivity index is 0.000000263. The number of fused-ring (bicyclic) bond motifs is 1. The molecule has 2 aliphatic rings. The molecule has 1 heterocycles. The highest BCUT2D eigenvalue weighted by Gasteiger charge is 2.40. The summed E-state index contributed by atoms with van der Waals surface area (Å²) in [7, 11) is 0. The Hall–Kier alpha value is -4.14. The molecule has 2 aliphatic carbocycles. The van der Waals surface area contributed by atoms with Gasteiger partial charge in [0.25, 0.3) is 5.91 Å². The number of imidazole rings is 1. The van der Waals surface area contributed by atoms with E-state index in [4.69, 9.17) is 19.8 Å². The van der Waals surface area contributed by atoms with Crippen LogP contribution in [0.1, 0.15) is 41.1 Å². The molecule has 2 saturated carbocycles. The zero-order chi connectivity index (χ0) is 29.7. The van der Waals surface area contributed by atoms with Crippen LogP contribution < -0.4 is 10.6 Å². The largest absolute Gasteiger partial charge is 0.490 e. The zero-order valence-electron chi connectivity index (χ0n) is 20.5. The summed E-state index contributed by atoms with van der Waals surface area (Å²) in [6, 6.07) is 14.3. The van der Waals surface area contributed by atoms with E-state index < -0.39 is 24.3 Å². The summed E-state index contributed by atoms with van der Waals surface area (Å²) in [5, 5.41) is 20.9. The van der Waals surface area contributed by atoms with Crippen LogP contribution in [-0.2, 0) is 9.59 Å². The molecule has 3 aromatic rings. The van der Waals surface area contributed by atoms with Crippen molar-refractivity contribution in [1.29, 1.82) is 0 Å². The number of aliphatic carboxylic acids is 2. The third-order valence-electron chi connectivity index (χ3n) is 5.90. The van der Waals surface area contributed by atoms with Crippen molar-refractivity contribution >= 4 is 34.6 Å². The lowest BCUT2D eigenvalue weighted by Gasteiger charge is -2.08. The first kappa shape index (κ1) is 30.4. The average Bonchev–Trinajstić information content (AvgIpc) is 3.79. The van der Waals surface area contributed by atoms with E-state index in [0.29, 0.717) is 17.5 Å². The smallest absolute Gasteiger partial charge is 0.475 e. The second-order valence-corrected chi connectivity index (χ2v) is 9.12. The molecule has 1 aromatic heterocycles. The average molecular weight is 574 g/mol. The van der Waals surface area contributed by atoms with Gasteiger partial charge in [-0.25, -0.2) is 14.6 Å². The topological polar surface area (TPSA) is 144 Å². The molecule has 2 fully saturated rings. The van der Waals surface area contributed by atoms with Gasteiger partial charge in [-0.3, -0.25) is 4.79 Å². The second kappa shape index (κ2) is 12.4. The number of carbonyl (C=O) groups is 3. The van der Waals surface area contributed by atoms with E-state index in [2.05, 4.69) is 26.7 Å². The number of H-pyrrole nitrogens is 1. The summed E-state index contributed by atoms with van der Waals surface area (Å²) < 4.78 is 63.5. The third-order valence-corrected chi connectivity index (χ3v) is 5.90. The summed E-state index contributed by atoms with van der Waals surface area (Å²) in [6.45, 7) is 1.15. The number of aromatic nitrogens is 2. The van der Waals surface area contributed by atoms with Gasteiger partial charge in [0.1, 0.15) is 0 Å². The molecule has 0 bridgehead atoms. The minimum atomic E-state index is -5.08. The summed E-state index contributed by atoms with van der Waals surface area (Å²) in [6.07, 6.45) is -4.58. The van der Waals surface area contributed by atoms with E-state index in [1.165, 1.54) is 24.8 Å². The maximum Gasteiger partial charge on any atom is 0.490 e. The molecule has 1 amide bonds. The van der Waals surface area contributed by atoms with Gasteiger partial charge in [0.2, 0.25) is 0 Å². The number of benzene rings is 2. The summed E-state index contributed by atoms with van der Waals surface area (Å²) in [4.78, 5) is 37.7. The minimum Gasteiger partial charge on any atom is -0.475 e. The Labute approximate surface area is 222 Å². The van der Waals surface area contributed by atoms with Crippen molar-refractivity contribution in [3.8, 4) is 0 Å². The van der Waals surface area contributed by atoms with E-state index >= 15 is 0 Å². The summed E-state index contributed by atoms with van der Waals surface area (Å²) in [5.74, 6) is -4.15. The van der Waals surface area contributed by atoms with Gasteiger partial charge >= 0.3 is 24.3 Å². The van der Waals surface area contributed by atoms with E-state index in [1.54, 1.807) is 6.33 Å².